The predicted octanol–water partition coefficient (Wildman–Crippen LogP) is 5.09. The molecular formula is C22H34O4S. The lowest BCUT2D eigenvalue weighted by atomic mass is 9.66. The number of sulfone groups is 1. The summed E-state index contributed by atoms with van der Waals surface area (Å²) in [5, 5.41) is 0. The molecule has 0 N–H and O–H groups in total. The summed E-state index contributed by atoms with van der Waals surface area (Å²) in [4.78, 5) is 13.3. The van der Waals surface area contributed by atoms with Crippen molar-refractivity contribution in [2.24, 2.45) is 11.3 Å². The number of ether oxygens (including phenoxy) is 1. The highest BCUT2D eigenvalue weighted by molar-refractivity contribution is 7.91. The highest BCUT2D eigenvalue weighted by atomic mass is 32.2. The second-order valence-electron chi connectivity index (χ2n) is 8.99. The summed E-state index contributed by atoms with van der Waals surface area (Å²) in [5.74, 6) is -0.635. The Morgan fingerprint density at radius 1 is 1.11 bits per heavy atom. The van der Waals surface area contributed by atoms with Gasteiger partial charge in [0, 0.05) is 0 Å². The lowest BCUT2D eigenvalue weighted by molar-refractivity contribution is -0.165. The monoisotopic (exact) mass is 394 g/mol. The number of carbonyl (C=O) groups excluding carboxylic acids is 1. The van der Waals surface area contributed by atoms with Gasteiger partial charge in [-0.2, -0.15) is 0 Å². The Morgan fingerprint density at radius 2 is 1.67 bits per heavy atom. The van der Waals surface area contributed by atoms with E-state index >= 15 is 0 Å². The van der Waals surface area contributed by atoms with Crippen molar-refractivity contribution in [2.45, 2.75) is 83.6 Å². The minimum atomic E-state index is -3.48. The van der Waals surface area contributed by atoms with Crippen LogP contribution in [0.3, 0.4) is 0 Å². The molecule has 2 rings (SSSR count). The molecule has 0 bridgehead atoms. The normalized spacial score (nSPS) is 18.7. The maximum absolute atomic E-state index is 13.2. The molecule has 0 saturated heterocycles. The average molecular weight is 395 g/mol. The molecule has 27 heavy (non-hydrogen) atoms. The fourth-order valence-electron chi connectivity index (χ4n) is 4.28. The van der Waals surface area contributed by atoms with E-state index in [-0.39, 0.29) is 11.7 Å². The smallest absolute Gasteiger partial charge is 0.310 e. The molecule has 1 aromatic rings. The summed E-state index contributed by atoms with van der Waals surface area (Å²) in [5.41, 5.74) is -0.0866. The molecule has 152 valence electrons. The van der Waals surface area contributed by atoms with Gasteiger partial charge in [0.05, 0.1) is 16.6 Å². The Bertz CT molecular complexity index is 736. The van der Waals surface area contributed by atoms with Crippen LogP contribution >= 0.6 is 0 Å². The first-order chi connectivity index (χ1) is 12.5. The third-order valence-electron chi connectivity index (χ3n) is 5.55. The van der Waals surface area contributed by atoms with Gasteiger partial charge in [0.2, 0.25) is 0 Å². The van der Waals surface area contributed by atoms with Crippen molar-refractivity contribution in [1.82, 2.24) is 0 Å². The minimum absolute atomic E-state index is 0.0147. The van der Waals surface area contributed by atoms with E-state index in [1.807, 2.05) is 46.8 Å². The molecule has 0 aliphatic heterocycles. The molecule has 0 radical (unpaired) electrons. The molecule has 1 fully saturated rings. The number of hydrogen-bond donors (Lipinski definition) is 0. The molecule has 1 atom stereocenters. The van der Waals surface area contributed by atoms with Crippen LogP contribution in [0.15, 0.2) is 29.2 Å². The molecule has 0 amide bonds. The van der Waals surface area contributed by atoms with Crippen molar-refractivity contribution in [1.29, 1.82) is 0 Å². The molecule has 5 heteroatoms. The second-order valence-corrected chi connectivity index (χ2v) is 11.0. The first-order valence-corrected chi connectivity index (χ1v) is 11.7. The topological polar surface area (TPSA) is 60.4 Å². The molecule has 0 aromatic heterocycles. The number of hydrogen-bond acceptors (Lipinski definition) is 4. The van der Waals surface area contributed by atoms with E-state index in [2.05, 4.69) is 0 Å². The predicted molar refractivity (Wildman–Crippen MR) is 108 cm³/mol. The van der Waals surface area contributed by atoms with Crippen molar-refractivity contribution in [3.8, 4) is 0 Å². The number of carbonyl (C=O) groups is 1. The first kappa shape index (κ1) is 21.9. The number of rotatable bonds is 6. The van der Waals surface area contributed by atoms with E-state index in [0.29, 0.717) is 11.3 Å². The maximum atomic E-state index is 13.2. The highest BCUT2D eigenvalue weighted by Gasteiger charge is 2.47. The number of benzene rings is 1. The zero-order chi connectivity index (χ0) is 20.3. The van der Waals surface area contributed by atoms with Crippen molar-refractivity contribution in [2.75, 3.05) is 5.75 Å². The Balaban J connectivity index is 2.37. The van der Waals surface area contributed by atoms with Gasteiger partial charge in [0.25, 0.3) is 0 Å². The van der Waals surface area contributed by atoms with Crippen molar-refractivity contribution in [3.05, 3.63) is 29.8 Å². The van der Waals surface area contributed by atoms with Crippen LogP contribution in [0.4, 0.5) is 0 Å². The largest absolute Gasteiger partial charge is 0.460 e. The van der Waals surface area contributed by atoms with Gasteiger partial charge < -0.3 is 4.74 Å². The summed E-state index contributed by atoms with van der Waals surface area (Å²) < 4.78 is 32.1. The van der Waals surface area contributed by atoms with Crippen LogP contribution < -0.4 is 0 Å². The van der Waals surface area contributed by atoms with E-state index in [9.17, 15) is 13.2 Å². The molecule has 0 unspecified atom stereocenters. The summed E-state index contributed by atoms with van der Waals surface area (Å²) >= 11 is 0. The lowest BCUT2D eigenvalue weighted by Gasteiger charge is -2.42. The summed E-state index contributed by atoms with van der Waals surface area (Å²) in [6.07, 6.45) is 5.13. The van der Waals surface area contributed by atoms with E-state index in [0.717, 1.165) is 37.7 Å². The van der Waals surface area contributed by atoms with Gasteiger partial charge in [-0.1, -0.05) is 43.9 Å². The van der Waals surface area contributed by atoms with Crippen LogP contribution in [0.1, 0.15) is 71.8 Å². The van der Waals surface area contributed by atoms with Crippen LogP contribution in [0.2, 0.25) is 0 Å². The van der Waals surface area contributed by atoms with Crippen LogP contribution in [-0.4, -0.2) is 25.7 Å². The van der Waals surface area contributed by atoms with Crippen LogP contribution in [0.5, 0.6) is 0 Å². The molecule has 0 heterocycles. The van der Waals surface area contributed by atoms with Crippen molar-refractivity contribution < 1.29 is 17.9 Å². The maximum Gasteiger partial charge on any atom is 0.310 e. The highest BCUT2D eigenvalue weighted by Crippen LogP contribution is 2.46. The minimum Gasteiger partial charge on any atom is -0.460 e. The van der Waals surface area contributed by atoms with E-state index in [1.54, 1.807) is 12.1 Å². The van der Waals surface area contributed by atoms with E-state index in [1.165, 1.54) is 0 Å². The zero-order valence-corrected chi connectivity index (χ0v) is 18.2. The van der Waals surface area contributed by atoms with E-state index < -0.39 is 26.8 Å². The summed E-state index contributed by atoms with van der Waals surface area (Å²) in [6, 6.07) is 7.00. The Kier molecular flexibility index (Phi) is 6.77. The molecule has 1 aliphatic carbocycles. The van der Waals surface area contributed by atoms with Gasteiger partial charge in [-0.25, -0.2) is 8.42 Å². The Morgan fingerprint density at radius 3 is 2.15 bits per heavy atom. The van der Waals surface area contributed by atoms with Gasteiger partial charge in [-0.05, 0) is 64.5 Å². The summed E-state index contributed by atoms with van der Waals surface area (Å²) in [6.45, 7) is 9.47. The van der Waals surface area contributed by atoms with E-state index in [4.69, 9.17) is 4.74 Å². The van der Waals surface area contributed by atoms with Gasteiger partial charge in [0.1, 0.15) is 5.60 Å². The van der Waals surface area contributed by atoms with Gasteiger partial charge in [-0.3, -0.25) is 4.79 Å². The first-order valence-electron chi connectivity index (χ1n) is 10.0. The quantitative estimate of drug-likeness (QED) is 0.631. The van der Waals surface area contributed by atoms with Gasteiger partial charge in [-0.15, -0.1) is 0 Å². The zero-order valence-electron chi connectivity index (χ0n) is 17.4. The SMILES string of the molecule is CC[C@@H](C(=O)OC(C)(C)C)C1(CS(=O)(=O)c2ccc(C)cc2)CCCCC1. The summed E-state index contributed by atoms with van der Waals surface area (Å²) in [7, 11) is -3.48. The van der Waals surface area contributed by atoms with Crippen molar-refractivity contribution in [3.63, 3.8) is 0 Å². The molecule has 0 spiro atoms. The number of esters is 1. The molecule has 4 nitrogen and oxygen atoms in total. The fourth-order valence-corrected chi connectivity index (χ4v) is 6.24. The molecule has 1 saturated carbocycles. The average Bonchev–Trinajstić information content (AvgIpc) is 2.54. The van der Waals surface area contributed by atoms with Crippen molar-refractivity contribution >= 4 is 15.8 Å². The Hall–Kier alpha value is -1.36. The fraction of sp³-hybridized carbons (Fsp3) is 0.682. The third kappa shape index (κ3) is 5.56. The molecule has 1 aliphatic rings. The molecule has 1 aromatic carbocycles. The lowest BCUT2D eigenvalue weighted by Crippen LogP contribution is -2.45. The van der Waals surface area contributed by atoms with Crippen LogP contribution in [0.25, 0.3) is 0 Å². The van der Waals surface area contributed by atoms with Crippen LogP contribution in [0, 0.1) is 18.3 Å². The number of aryl methyl sites for hydroxylation is 1. The second kappa shape index (κ2) is 8.34. The van der Waals surface area contributed by atoms with Gasteiger partial charge >= 0.3 is 5.97 Å². The standard InChI is InChI=1S/C22H34O4S/c1-6-19(20(23)26-21(3,4)5)22(14-8-7-9-15-22)16-27(24,25)18-12-10-17(2)11-13-18/h10-13,19H,6-9,14-16H2,1-5H3/t19-/m0/s1. The third-order valence-corrected chi connectivity index (χ3v) is 7.49. The molecular weight excluding hydrogens is 360 g/mol. The van der Waals surface area contributed by atoms with Gasteiger partial charge in [0.15, 0.2) is 9.84 Å². The Labute approximate surface area is 164 Å². The van der Waals surface area contributed by atoms with Crippen LogP contribution in [-0.2, 0) is 19.4 Å².